The number of likely N-dealkylation sites (tertiary alicyclic amines) is 1. The van der Waals surface area contributed by atoms with E-state index in [-0.39, 0.29) is 6.61 Å². The summed E-state index contributed by atoms with van der Waals surface area (Å²) in [7, 11) is 0. The number of hydrogen-bond donors (Lipinski definition) is 1. The number of aliphatic hydroxyl groups is 1. The van der Waals surface area contributed by atoms with Crippen LogP contribution < -0.4 is 0 Å². The van der Waals surface area contributed by atoms with Crippen LogP contribution in [0.2, 0.25) is 0 Å². The van der Waals surface area contributed by atoms with Crippen molar-refractivity contribution in [1.82, 2.24) is 4.90 Å². The van der Waals surface area contributed by atoms with Crippen molar-refractivity contribution in [3.8, 4) is 0 Å². The van der Waals surface area contributed by atoms with Crippen LogP contribution in [-0.2, 0) is 6.54 Å². The summed E-state index contributed by atoms with van der Waals surface area (Å²) in [5.41, 5.74) is 1.35. The number of fused-ring (bicyclic) bond motifs is 1. The Morgan fingerprint density at radius 3 is 2.74 bits per heavy atom. The van der Waals surface area contributed by atoms with Gasteiger partial charge in [-0.1, -0.05) is 42.8 Å². The third-order valence-corrected chi connectivity index (χ3v) is 4.16. The van der Waals surface area contributed by atoms with Crippen LogP contribution >= 0.6 is 0 Å². The summed E-state index contributed by atoms with van der Waals surface area (Å²) in [5.74, 6) is 0. The monoisotopic (exact) mass is 255 g/mol. The van der Waals surface area contributed by atoms with E-state index in [0.29, 0.717) is 6.04 Å². The van der Waals surface area contributed by atoms with E-state index < -0.39 is 0 Å². The molecule has 19 heavy (non-hydrogen) atoms. The van der Waals surface area contributed by atoms with Gasteiger partial charge in [-0.3, -0.25) is 4.90 Å². The van der Waals surface area contributed by atoms with Crippen LogP contribution in [0, 0.1) is 0 Å². The summed E-state index contributed by atoms with van der Waals surface area (Å²) in [6.45, 7) is 2.35. The molecule has 100 valence electrons. The lowest BCUT2D eigenvalue weighted by Gasteiger charge is -2.34. The second kappa shape index (κ2) is 5.72. The average Bonchev–Trinajstić information content (AvgIpc) is 2.48. The molecule has 2 heteroatoms. The zero-order valence-corrected chi connectivity index (χ0v) is 11.3. The Morgan fingerprint density at radius 1 is 1.05 bits per heavy atom. The highest BCUT2D eigenvalue weighted by Crippen LogP contribution is 2.21. The third-order valence-electron chi connectivity index (χ3n) is 4.16. The molecular weight excluding hydrogens is 234 g/mol. The van der Waals surface area contributed by atoms with E-state index in [1.165, 1.54) is 29.2 Å². The summed E-state index contributed by atoms with van der Waals surface area (Å²) in [6.07, 6.45) is 3.63. The molecule has 3 rings (SSSR count). The maximum Gasteiger partial charge on any atom is 0.0586 e. The summed E-state index contributed by atoms with van der Waals surface area (Å²) in [6, 6.07) is 15.5. The highest BCUT2D eigenvalue weighted by Gasteiger charge is 2.21. The van der Waals surface area contributed by atoms with Gasteiger partial charge in [0.15, 0.2) is 0 Å². The van der Waals surface area contributed by atoms with Crippen molar-refractivity contribution in [2.24, 2.45) is 0 Å². The van der Waals surface area contributed by atoms with Crippen molar-refractivity contribution < 1.29 is 5.11 Å². The first kappa shape index (κ1) is 12.6. The van der Waals surface area contributed by atoms with Gasteiger partial charge < -0.3 is 5.11 Å². The Bertz CT molecular complexity index is 552. The Kier molecular flexibility index (Phi) is 3.81. The first-order valence-electron chi connectivity index (χ1n) is 7.19. The average molecular weight is 255 g/mol. The number of hydrogen-bond acceptors (Lipinski definition) is 2. The molecule has 0 saturated carbocycles. The standard InChI is InChI=1S/C17H21NO/c19-13-17-7-3-4-10-18(17)12-14-8-9-15-5-1-2-6-16(15)11-14/h1-2,5-6,8-9,11,17,19H,3-4,7,10,12-13H2. The number of piperidine rings is 1. The second-order valence-corrected chi connectivity index (χ2v) is 5.48. The lowest BCUT2D eigenvalue weighted by Crippen LogP contribution is -2.41. The number of aliphatic hydroxyl groups excluding tert-OH is 1. The zero-order chi connectivity index (χ0) is 13.1. The van der Waals surface area contributed by atoms with Gasteiger partial charge >= 0.3 is 0 Å². The predicted molar refractivity (Wildman–Crippen MR) is 79.1 cm³/mol. The van der Waals surface area contributed by atoms with Crippen molar-refractivity contribution in [3.63, 3.8) is 0 Å². The first-order valence-corrected chi connectivity index (χ1v) is 7.19. The van der Waals surface area contributed by atoms with Crippen LogP contribution in [-0.4, -0.2) is 29.2 Å². The van der Waals surface area contributed by atoms with Crippen LogP contribution in [0.25, 0.3) is 10.8 Å². The molecule has 1 unspecified atom stereocenters. The van der Waals surface area contributed by atoms with Crippen LogP contribution in [0.4, 0.5) is 0 Å². The molecule has 1 atom stereocenters. The van der Waals surface area contributed by atoms with E-state index in [4.69, 9.17) is 0 Å². The van der Waals surface area contributed by atoms with Gasteiger partial charge in [0.05, 0.1) is 6.61 Å². The summed E-state index contributed by atoms with van der Waals surface area (Å²) < 4.78 is 0. The fraction of sp³-hybridized carbons (Fsp3) is 0.412. The van der Waals surface area contributed by atoms with Gasteiger partial charge in [-0.05, 0) is 41.8 Å². The molecule has 1 fully saturated rings. The number of benzene rings is 2. The molecule has 1 saturated heterocycles. The van der Waals surface area contributed by atoms with Crippen LogP contribution in [0.1, 0.15) is 24.8 Å². The maximum absolute atomic E-state index is 9.47. The van der Waals surface area contributed by atoms with Crippen LogP contribution in [0.5, 0.6) is 0 Å². The zero-order valence-electron chi connectivity index (χ0n) is 11.3. The van der Waals surface area contributed by atoms with E-state index in [0.717, 1.165) is 19.5 Å². The number of rotatable bonds is 3. The SMILES string of the molecule is OCC1CCCCN1Cc1ccc2ccccc2c1. The van der Waals surface area contributed by atoms with Crippen molar-refractivity contribution in [3.05, 3.63) is 48.0 Å². The molecule has 1 heterocycles. The topological polar surface area (TPSA) is 23.5 Å². The molecule has 0 aromatic heterocycles. The lowest BCUT2D eigenvalue weighted by atomic mass is 10.0. The highest BCUT2D eigenvalue weighted by molar-refractivity contribution is 5.82. The fourth-order valence-electron chi connectivity index (χ4n) is 3.05. The van der Waals surface area contributed by atoms with Gasteiger partial charge in [0.2, 0.25) is 0 Å². The molecule has 0 bridgehead atoms. The minimum atomic E-state index is 0.285. The lowest BCUT2D eigenvalue weighted by molar-refractivity contribution is 0.0841. The van der Waals surface area contributed by atoms with Crippen LogP contribution in [0.3, 0.4) is 0 Å². The Labute approximate surface area is 114 Å². The summed E-state index contributed by atoms with van der Waals surface area (Å²) >= 11 is 0. The van der Waals surface area contributed by atoms with Gasteiger partial charge in [-0.15, -0.1) is 0 Å². The van der Waals surface area contributed by atoms with E-state index in [2.05, 4.69) is 47.4 Å². The molecule has 0 spiro atoms. The van der Waals surface area contributed by atoms with Gasteiger partial charge in [0.25, 0.3) is 0 Å². The molecule has 2 aromatic rings. The van der Waals surface area contributed by atoms with Crippen molar-refractivity contribution in [2.75, 3.05) is 13.2 Å². The molecule has 0 radical (unpaired) electrons. The largest absolute Gasteiger partial charge is 0.395 e. The van der Waals surface area contributed by atoms with E-state index >= 15 is 0 Å². The van der Waals surface area contributed by atoms with Crippen molar-refractivity contribution >= 4 is 10.8 Å². The van der Waals surface area contributed by atoms with E-state index in [1.54, 1.807) is 0 Å². The molecule has 1 N–H and O–H groups in total. The minimum Gasteiger partial charge on any atom is -0.395 e. The first-order chi connectivity index (χ1) is 9.36. The molecule has 2 aromatic carbocycles. The summed E-state index contributed by atoms with van der Waals surface area (Å²) in [5, 5.41) is 12.1. The fourth-order valence-corrected chi connectivity index (χ4v) is 3.05. The molecule has 2 nitrogen and oxygen atoms in total. The Hall–Kier alpha value is -1.38. The Balaban J connectivity index is 1.80. The van der Waals surface area contributed by atoms with Gasteiger partial charge in [-0.25, -0.2) is 0 Å². The molecule has 1 aliphatic rings. The molecular formula is C17H21NO. The van der Waals surface area contributed by atoms with Crippen molar-refractivity contribution in [1.29, 1.82) is 0 Å². The number of nitrogens with zero attached hydrogens (tertiary/aromatic N) is 1. The third kappa shape index (κ3) is 2.80. The van der Waals surface area contributed by atoms with Crippen LogP contribution in [0.15, 0.2) is 42.5 Å². The second-order valence-electron chi connectivity index (χ2n) is 5.48. The predicted octanol–water partition coefficient (Wildman–Crippen LogP) is 3.19. The minimum absolute atomic E-state index is 0.285. The van der Waals surface area contributed by atoms with Gasteiger partial charge in [0, 0.05) is 12.6 Å². The van der Waals surface area contributed by atoms with Crippen molar-refractivity contribution in [2.45, 2.75) is 31.8 Å². The highest BCUT2D eigenvalue weighted by atomic mass is 16.3. The molecule has 1 aliphatic heterocycles. The normalized spacial score (nSPS) is 20.8. The summed E-state index contributed by atoms with van der Waals surface area (Å²) in [4.78, 5) is 2.42. The van der Waals surface area contributed by atoms with Gasteiger partial charge in [0.1, 0.15) is 0 Å². The molecule has 0 amide bonds. The molecule has 0 aliphatic carbocycles. The van der Waals surface area contributed by atoms with E-state index in [9.17, 15) is 5.11 Å². The van der Waals surface area contributed by atoms with E-state index in [1.807, 2.05) is 0 Å². The quantitative estimate of drug-likeness (QED) is 0.910. The smallest absolute Gasteiger partial charge is 0.0586 e. The Morgan fingerprint density at radius 2 is 1.89 bits per heavy atom. The maximum atomic E-state index is 9.47. The van der Waals surface area contributed by atoms with Gasteiger partial charge in [-0.2, -0.15) is 0 Å².